The summed E-state index contributed by atoms with van der Waals surface area (Å²) in [4.78, 5) is 16.8. The summed E-state index contributed by atoms with van der Waals surface area (Å²) in [5, 5.41) is 0. The van der Waals surface area contributed by atoms with Gasteiger partial charge in [-0.15, -0.1) is 0 Å². The number of aromatic nitrogens is 5. The highest BCUT2D eigenvalue weighted by Crippen LogP contribution is 2.05. The van der Waals surface area contributed by atoms with Crippen LogP contribution in [-0.4, -0.2) is 19.9 Å². The van der Waals surface area contributed by atoms with Crippen LogP contribution in [-0.2, 0) is 32.2 Å². The Bertz CT molecular complexity index is 1350. The summed E-state index contributed by atoms with van der Waals surface area (Å²) < 4.78 is 2.21. The molecule has 0 fully saturated rings. The lowest BCUT2D eigenvalue weighted by molar-refractivity contribution is -0.697. The van der Waals surface area contributed by atoms with E-state index < -0.39 is 0 Å². The zero-order chi connectivity index (χ0) is 36.2. The van der Waals surface area contributed by atoms with Gasteiger partial charge in [0, 0.05) is 66.1 Å². The molecule has 5 nitrogen and oxygen atoms in total. The van der Waals surface area contributed by atoms with Gasteiger partial charge in [-0.1, -0.05) is 110 Å². The lowest BCUT2D eigenvalue weighted by Crippen LogP contribution is -2.31. The van der Waals surface area contributed by atoms with E-state index >= 15 is 0 Å². The van der Waals surface area contributed by atoms with Crippen LogP contribution in [0, 0.1) is 0 Å². The zero-order valence-electron chi connectivity index (χ0n) is 32.0. The second kappa shape index (κ2) is 33.3. The molecule has 5 heteroatoms. The van der Waals surface area contributed by atoms with Crippen molar-refractivity contribution < 1.29 is 4.57 Å². The molecule has 0 saturated carbocycles. The first-order valence-electron chi connectivity index (χ1n) is 19.2. The Balaban J connectivity index is 0.000000314. The summed E-state index contributed by atoms with van der Waals surface area (Å²) in [5.74, 6) is 0. The quantitative estimate of drug-likeness (QED) is 0.0818. The second-order valence-electron chi connectivity index (χ2n) is 12.1. The fraction of sp³-hybridized carbons (Fsp3) is 0.444. The van der Waals surface area contributed by atoms with Crippen LogP contribution in [0.2, 0.25) is 0 Å². The number of aryl methyl sites for hydroxylation is 5. The van der Waals surface area contributed by atoms with E-state index in [1.807, 2.05) is 79.4 Å². The van der Waals surface area contributed by atoms with Crippen LogP contribution >= 0.6 is 0 Å². The van der Waals surface area contributed by atoms with Crippen molar-refractivity contribution in [2.75, 3.05) is 0 Å². The Labute approximate surface area is 305 Å². The normalized spacial score (nSPS) is 9.70. The molecular formula is C45H66N5+. The Morgan fingerprint density at radius 2 is 0.800 bits per heavy atom. The molecule has 0 atom stereocenters. The minimum atomic E-state index is 1.03. The molecule has 0 unspecified atom stereocenters. The van der Waals surface area contributed by atoms with Gasteiger partial charge in [0.05, 0.1) is 0 Å². The Kier molecular flexibility index (Phi) is 29.1. The van der Waals surface area contributed by atoms with Gasteiger partial charge in [-0.05, 0) is 87.1 Å². The van der Waals surface area contributed by atoms with Crippen molar-refractivity contribution in [2.24, 2.45) is 0 Å². The first kappa shape index (κ1) is 43.8. The number of rotatable bonds is 15. The van der Waals surface area contributed by atoms with Crippen LogP contribution in [0.3, 0.4) is 0 Å². The van der Waals surface area contributed by atoms with Crippen molar-refractivity contribution in [3.05, 3.63) is 151 Å². The number of hydrogen-bond acceptors (Lipinski definition) is 4. The molecule has 5 aromatic rings. The standard InChI is InChI=1S/C11H17N.C10H15N.C9H14N.C8H11N.C7H9N/c1-2-3-4-5-8-11-9-6-7-10-12-11;1-2-3-4-7-10-8-5-6-9-11-10;1-2-3-7-10-8-5-4-6-9-10;1-2-5-8-6-3-4-7-9-8;1-2-7-5-3-4-6-8-7/h6-7,9-10H,2-5,8H2,1H3;5-6,8-9H,2-4,7H2,1H3;4-6,8-9H,2-3,7H2,1H3;3-4,6-7H,2,5H2,1H3;3-6H,2H2,1H3/q;;+1;;. The molecular weight excluding hydrogens is 611 g/mol. The van der Waals surface area contributed by atoms with Crippen molar-refractivity contribution in [1.82, 2.24) is 19.9 Å². The van der Waals surface area contributed by atoms with Gasteiger partial charge in [0.2, 0.25) is 0 Å². The molecule has 0 aromatic carbocycles. The van der Waals surface area contributed by atoms with E-state index in [2.05, 4.69) is 108 Å². The third-order valence-electron chi connectivity index (χ3n) is 7.64. The highest BCUT2D eigenvalue weighted by atomic mass is 14.9. The monoisotopic (exact) mass is 677 g/mol. The van der Waals surface area contributed by atoms with Gasteiger partial charge in [0.1, 0.15) is 6.54 Å². The Hall–Kier alpha value is -4.25. The predicted octanol–water partition coefficient (Wildman–Crippen LogP) is 11.5. The number of hydrogen-bond donors (Lipinski definition) is 0. The molecule has 0 radical (unpaired) electrons. The summed E-state index contributed by atoms with van der Waals surface area (Å²) in [6.45, 7) is 12.1. The Morgan fingerprint density at radius 1 is 0.380 bits per heavy atom. The van der Waals surface area contributed by atoms with E-state index in [1.54, 1.807) is 0 Å². The second-order valence-corrected chi connectivity index (χ2v) is 12.1. The number of unbranched alkanes of at least 4 members (excludes halogenated alkanes) is 6. The average molecular weight is 677 g/mol. The van der Waals surface area contributed by atoms with Crippen molar-refractivity contribution in [2.45, 2.75) is 131 Å². The van der Waals surface area contributed by atoms with Crippen LogP contribution in [0.1, 0.15) is 122 Å². The predicted molar refractivity (Wildman–Crippen MR) is 213 cm³/mol. The molecule has 5 heterocycles. The van der Waals surface area contributed by atoms with Crippen molar-refractivity contribution in [3.8, 4) is 0 Å². The molecule has 0 amide bonds. The van der Waals surface area contributed by atoms with Gasteiger partial charge >= 0.3 is 0 Å². The van der Waals surface area contributed by atoms with Crippen LogP contribution in [0.5, 0.6) is 0 Å². The molecule has 0 aliphatic heterocycles. The minimum absolute atomic E-state index is 1.03. The van der Waals surface area contributed by atoms with E-state index in [-0.39, 0.29) is 0 Å². The lowest BCUT2D eigenvalue weighted by atomic mass is 10.1. The molecule has 5 aromatic heterocycles. The number of nitrogens with zero attached hydrogens (tertiary/aromatic N) is 5. The molecule has 0 aliphatic rings. The zero-order valence-corrected chi connectivity index (χ0v) is 32.0. The molecule has 0 spiro atoms. The van der Waals surface area contributed by atoms with Gasteiger partial charge in [0.25, 0.3) is 0 Å². The Morgan fingerprint density at radius 3 is 1.18 bits per heavy atom. The van der Waals surface area contributed by atoms with E-state index in [0.717, 1.165) is 37.9 Å². The lowest BCUT2D eigenvalue weighted by Gasteiger charge is -1.98. The smallest absolute Gasteiger partial charge is 0.168 e. The summed E-state index contributed by atoms with van der Waals surface area (Å²) in [5.41, 5.74) is 4.81. The van der Waals surface area contributed by atoms with Gasteiger partial charge in [-0.2, -0.15) is 0 Å². The van der Waals surface area contributed by atoms with Crippen molar-refractivity contribution in [1.29, 1.82) is 0 Å². The van der Waals surface area contributed by atoms with Crippen LogP contribution in [0.15, 0.2) is 128 Å². The van der Waals surface area contributed by atoms with Gasteiger partial charge < -0.3 is 0 Å². The molecule has 0 bridgehead atoms. The van der Waals surface area contributed by atoms with E-state index in [4.69, 9.17) is 0 Å². The minimum Gasteiger partial charge on any atom is -0.261 e. The van der Waals surface area contributed by atoms with Crippen LogP contribution < -0.4 is 4.57 Å². The summed E-state index contributed by atoms with van der Waals surface area (Å²) in [6.07, 6.45) is 28.9. The summed E-state index contributed by atoms with van der Waals surface area (Å²) in [7, 11) is 0. The summed E-state index contributed by atoms with van der Waals surface area (Å²) >= 11 is 0. The molecule has 0 saturated heterocycles. The van der Waals surface area contributed by atoms with Crippen molar-refractivity contribution in [3.63, 3.8) is 0 Å². The first-order valence-corrected chi connectivity index (χ1v) is 19.2. The van der Waals surface area contributed by atoms with E-state index in [0.29, 0.717) is 0 Å². The fourth-order valence-electron chi connectivity index (χ4n) is 4.71. The van der Waals surface area contributed by atoms with Crippen LogP contribution in [0.4, 0.5) is 0 Å². The van der Waals surface area contributed by atoms with Crippen molar-refractivity contribution >= 4 is 0 Å². The maximum Gasteiger partial charge on any atom is 0.168 e. The van der Waals surface area contributed by atoms with Gasteiger partial charge in [-0.25, -0.2) is 4.57 Å². The van der Waals surface area contributed by atoms with Gasteiger partial charge in [0.15, 0.2) is 12.4 Å². The molecule has 0 N–H and O–H groups in total. The fourth-order valence-corrected chi connectivity index (χ4v) is 4.71. The highest BCUT2D eigenvalue weighted by Gasteiger charge is 1.94. The topological polar surface area (TPSA) is 55.4 Å². The van der Waals surface area contributed by atoms with Gasteiger partial charge in [-0.3, -0.25) is 19.9 Å². The van der Waals surface area contributed by atoms with E-state index in [1.165, 1.54) is 81.3 Å². The first-order chi connectivity index (χ1) is 24.7. The molecule has 5 rings (SSSR count). The maximum absolute atomic E-state index is 4.28. The highest BCUT2D eigenvalue weighted by molar-refractivity contribution is 5.05. The van der Waals surface area contributed by atoms with E-state index in [9.17, 15) is 0 Å². The average Bonchev–Trinajstić information content (AvgIpc) is 3.19. The SMILES string of the molecule is CCCCCCc1ccccn1.CCCCCc1ccccn1.CCCC[n+]1ccccc1.CCCc1ccccn1.CCc1ccccn1. The third-order valence-corrected chi connectivity index (χ3v) is 7.64. The summed E-state index contributed by atoms with van der Waals surface area (Å²) in [6, 6.07) is 30.4. The maximum atomic E-state index is 4.28. The van der Waals surface area contributed by atoms with Crippen LogP contribution in [0.25, 0.3) is 0 Å². The molecule has 50 heavy (non-hydrogen) atoms. The molecule has 0 aliphatic carbocycles. The largest absolute Gasteiger partial charge is 0.261 e. The molecule has 270 valence electrons. The third kappa shape index (κ3) is 25.7. The number of pyridine rings is 5.